The van der Waals surface area contributed by atoms with Crippen LogP contribution in [0.5, 0.6) is 0 Å². The lowest BCUT2D eigenvalue weighted by atomic mass is 9.80. The van der Waals surface area contributed by atoms with Crippen molar-refractivity contribution in [3.63, 3.8) is 0 Å². The Morgan fingerprint density at radius 3 is 2.81 bits per heavy atom. The highest BCUT2D eigenvalue weighted by Gasteiger charge is 2.35. The lowest BCUT2D eigenvalue weighted by molar-refractivity contribution is -0.140. The average molecular weight is 391 g/mol. The van der Waals surface area contributed by atoms with Crippen LogP contribution < -0.4 is 4.90 Å². The van der Waals surface area contributed by atoms with Crippen molar-refractivity contribution < 1.29 is 14.7 Å². The summed E-state index contributed by atoms with van der Waals surface area (Å²) in [5, 5.41) is 8.93. The maximum absolute atomic E-state index is 12.4. The number of thiocarbonyl (C=S) groups is 1. The van der Waals surface area contributed by atoms with E-state index in [4.69, 9.17) is 17.3 Å². The number of fused-ring (bicyclic) bond motifs is 1. The van der Waals surface area contributed by atoms with E-state index in [1.165, 1.54) is 11.3 Å². The van der Waals surface area contributed by atoms with Gasteiger partial charge in [-0.2, -0.15) is 0 Å². The van der Waals surface area contributed by atoms with Crippen molar-refractivity contribution in [2.45, 2.75) is 38.6 Å². The van der Waals surface area contributed by atoms with E-state index in [2.05, 4.69) is 44.9 Å². The Labute approximate surface area is 163 Å². The minimum Gasteiger partial charge on any atom is -0.480 e. The van der Waals surface area contributed by atoms with Crippen LogP contribution in [0.15, 0.2) is 23.1 Å². The topological polar surface area (TPSA) is 60.9 Å². The van der Waals surface area contributed by atoms with Gasteiger partial charge in [0.2, 0.25) is 0 Å². The first-order chi connectivity index (χ1) is 12.1. The van der Waals surface area contributed by atoms with Crippen LogP contribution in [0.4, 0.5) is 5.69 Å². The Morgan fingerprint density at radius 2 is 2.15 bits per heavy atom. The number of amides is 1. The third-order valence-electron chi connectivity index (χ3n) is 5.12. The van der Waals surface area contributed by atoms with Crippen LogP contribution >= 0.6 is 24.0 Å². The van der Waals surface area contributed by atoms with Gasteiger partial charge < -0.3 is 10.0 Å². The monoisotopic (exact) mass is 390 g/mol. The molecule has 0 radical (unpaired) electrons. The van der Waals surface area contributed by atoms with E-state index in [1.54, 1.807) is 6.08 Å². The van der Waals surface area contributed by atoms with E-state index >= 15 is 0 Å². The molecule has 1 aromatic rings. The Balaban J connectivity index is 1.92. The summed E-state index contributed by atoms with van der Waals surface area (Å²) in [5.41, 5.74) is 3.51. The van der Waals surface area contributed by atoms with Gasteiger partial charge in [0, 0.05) is 18.3 Å². The number of carbonyl (C=O) groups excluding carboxylic acids is 1. The zero-order chi connectivity index (χ0) is 19.2. The van der Waals surface area contributed by atoms with E-state index in [1.807, 2.05) is 6.07 Å². The quantitative estimate of drug-likeness (QED) is 0.627. The van der Waals surface area contributed by atoms with Crippen LogP contribution in [0.25, 0.3) is 6.08 Å². The molecule has 1 saturated heterocycles. The van der Waals surface area contributed by atoms with Crippen molar-refractivity contribution in [3.05, 3.63) is 34.2 Å². The maximum Gasteiger partial charge on any atom is 0.323 e. The summed E-state index contributed by atoms with van der Waals surface area (Å²) in [6.07, 6.45) is 2.86. The van der Waals surface area contributed by atoms with Crippen LogP contribution in [0.3, 0.4) is 0 Å². The molecule has 0 aliphatic carbocycles. The average Bonchev–Trinajstić information content (AvgIpc) is 2.80. The highest BCUT2D eigenvalue weighted by atomic mass is 32.2. The van der Waals surface area contributed by atoms with Gasteiger partial charge in [0.1, 0.15) is 10.9 Å². The molecule has 0 unspecified atom stereocenters. The van der Waals surface area contributed by atoms with E-state index in [-0.39, 0.29) is 15.8 Å². The molecule has 7 heteroatoms. The third kappa shape index (κ3) is 3.38. The predicted octanol–water partition coefficient (Wildman–Crippen LogP) is 3.69. The predicted molar refractivity (Wildman–Crippen MR) is 109 cm³/mol. The normalized spacial score (nSPS) is 23.5. The summed E-state index contributed by atoms with van der Waals surface area (Å²) >= 11 is 6.30. The van der Waals surface area contributed by atoms with E-state index in [0.29, 0.717) is 10.8 Å². The van der Waals surface area contributed by atoms with Crippen LogP contribution in [0, 0.1) is 0 Å². The van der Waals surface area contributed by atoms with Crippen LogP contribution in [0.2, 0.25) is 0 Å². The first kappa shape index (κ1) is 18.9. The van der Waals surface area contributed by atoms with Gasteiger partial charge in [0.05, 0.1) is 4.91 Å². The number of aliphatic carboxylic acids is 1. The summed E-state index contributed by atoms with van der Waals surface area (Å²) < 4.78 is 0.288. The fourth-order valence-electron chi connectivity index (χ4n) is 3.61. The van der Waals surface area contributed by atoms with Gasteiger partial charge in [0.25, 0.3) is 5.91 Å². The molecule has 2 aliphatic rings. The zero-order valence-corrected chi connectivity index (χ0v) is 16.9. The minimum absolute atomic E-state index is 0.104. The van der Waals surface area contributed by atoms with Crippen molar-refractivity contribution in [2.75, 3.05) is 18.5 Å². The molecule has 1 amide bonds. The van der Waals surface area contributed by atoms with Crippen LogP contribution in [-0.2, 0) is 9.59 Å². The number of carbonyl (C=O) groups is 2. The number of carboxylic acid groups (broad SMARTS) is 1. The summed E-state index contributed by atoms with van der Waals surface area (Å²) in [6.45, 7) is 6.31. The lowest BCUT2D eigenvalue weighted by Crippen LogP contribution is -2.45. The molecule has 26 heavy (non-hydrogen) atoms. The first-order valence-electron chi connectivity index (χ1n) is 8.45. The molecule has 138 valence electrons. The zero-order valence-electron chi connectivity index (χ0n) is 15.3. The molecule has 2 aliphatic heterocycles. The van der Waals surface area contributed by atoms with Crippen LogP contribution in [-0.4, -0.2) is 45.3 Å². The molecule has 1 fully saturated rings. The van der Waals surface area contributed by atoms with Crippen LogP contribution in [0.1, 0.15) is 44.2 Å². The largest absolute Gasteiger partial charge is 0.480 e. The van der Waals surface area contributed by atoms with Gasteiger partial charge in [-0.1, -0.05) is 37.0 Å². The minimum atomic E-state index is -1.07. The fraction of sp³-hybridized carbons (Fsp3) is 0.421. The van der Waals surface area contributed by atoms with Crippen molar-refractivity contribution in [1.82, 2.24) is 4.90 Å². The number of benzene rings is 1. The fourth-order valence-corrected chi connectivity index (χ4v) is 4.86. The van der Waals surface area contributed by atoms with Gasteiger partial charge in [0.15, 0.2) is 0 Å². The molecular weight excluding hydrogens is 368 g/mol. The smallest absolute Gasteiger partial charge is 0.323 e. The number of anilines is 1. The summed E-state index contributed by atoms with van der Waals surface area (Å²) in [7, 11) is 2.11. The Hall–Kier alpha value is -1.86. The molecule has 2 heterocycles. The molecule has 0 spiro atoms. The molecule has 5 nitrogen and oxygen atoms in total. The first-order valence-corrected chi connectivity index (χ1v) is 9.67. The number of hydrogen-bond acceptors (Lipinski definition) is 5. The van der Waals surface area contributed by atoms with Crippen molar-refractivity contribution in [2.24, 2.45) is 0 Å². The van der Waals surface area contributed by atoms with Crippen molar-refractivity contribution >= 4 is 51.9 Å². The Bertz CT molecular complexity index is 832. The number of rotatable bonds is 3. The number of nitrogens with zero attached hydrogens (tertiary/aromatic N) is 2. The maximum atomic E-state index is 12.4. The molecule has 3 rings (SSSR count). The molecule has 0 bridgehead atoms. The molecular formula is C19H22N2O3S2. The van der Waals surface area contributed by atoms with E-state index < -0.39 is 12.5 Å². The van der Waals surface area contributed by atoms with Crippen molar-refractivity contribution in [3.8, 4) is 0 Å². The molecule has 1 aromatic carbocycles. The lowest BCUT2D eigenvalue weighted by Gasteiger charge is -2.45. The van der Waals surface area contributed by atoms with Gasteiger partial charge in [-0.25, -0.2) is 0 Å². The molecule has 0 saturated carbocycles. The van der Waals surface area contributed by atoms with Gasteiger partial charge >= 0.3 is 5.97 Å². The van der Waals surface area contributed by atoms with Gasteiger partial charge in [-0.05, 0) is 55.5 Å². The summed E-state index contributed by atoms with van der Waals surface area (Å²) in [4.78, 5) is 27.2. The molecule has 0 aromatic heterocycles. The number of carboxylic acids is 1. The Morgan fingerprint density at radius 1 is 1.46 bits per heavy atom. The highest BCUT2D eigenvalue weighted by molar-refractivity contribution is 8.26. The summed E-state index contributed by atoms with van der Waals surface area (Å²) in [6, 6.07) is 6.21. The van der Waals surface area contributed by atoms with E-state index in [0.717, 1.165) is 28.6 Å². The SMILES string of the molecule is C[C@@H]1CC(C)(C)N(C)c2ccc(/C=C3/SC(=S)N(CC(=O)O)C3=O)cc21. The second kappa shape index (κ2) is 6.70. The van der Waals surface area contributed by atoms with Gasteiger partial charge in [-0.15, -0.1) is 0 Å². The Kier molecular flexibility index (Phi) is 4.88. The van der Waals surface area contributed by atoms with E-state index in [9.17, 15) is 9.59 Å². The third-order valence-corrected chi connectivity index (χ3v) is 6.50. The summed E-state index contributed by atoms with van der Waals surface area (Å²) in [5.74, 6) is -0.992. The molecule has 1 atom stereocenters. The number of hydrogen-bond donors (Lipinski definition) is 1. The van der Waals surface area contributed by atoms with Crippen molar-refractivity contribution in [1.29, 1.82) is 0 Å². The highest BCUT2D eigenvalue weighted by Crippen LogP contribution is 2.43. The standard InChI is InChI=1S/C19H22N2O3S2/c1-11-9-19(2,3)20(4)14-6-5-12(7-13(11)14)8-15-17(24)21(10-16(22)23)18(25)26-15/h5-8,11H,9-10H2,1-4H3,(H,22,23)/b15-8+/t11-/m1/s1. The number of thioether (sulfide) groups is 1. The van der Waals surface area contributed by atoms with Gasteiger partial charge in [-0.3, -0.25) is 14.5 Å². The molecule has 1 N–H and O–H groups in total. The second-order valence-corrected chi connectivity index (χ2v) is 9.13. The second-order valence-electron chi connectivity index (χ2n) is 7.46.